The highest BCUT2D eigenvalue weighted by atomic mass is 35.5. The van der Waals surface area contributed by atoms with E-state index in [0.29, 0.717) is 33.0 Å². The van der Waals surface area contributed by atoms with Crippen LogP contribution in [0, 0.1) is 13.8 Å². The van der Waals surface area contributed by atoms with Crippen molar-refractivity contribution in [3.05, 3.63) is 116 Å². The van der Waals surface area contributed by atoms with E-state index in [0.717, 1.165) is 5.56 Å². The third-order valence-electron chi connectivity index (χ3n) is 6.52. The molecule has 0 saturated heterocycles. The van der Waals surface area contributed by atoms with Crippen LogP contribution in [0.2, 0.25) is 10.3 Å². The van der Waals surface area contributed by atoms with Gasteiger partial charge in [0.05, 0.1) is 24.4 Å². The zero-order valence-electron chi connectivity index (χ0n) is 23.7. The number of aliphatic hydroxyl groups is 1. The molecule has 0 bridgehead atoms. The van der Waals surface area contributed by atoms with Gasteiger partial charge >= 0.3 is 5.97 Å². The molecule has 0 aliphatic carbocycles. The van der Waals surface area contributed by atoms with Gasteiger partial charge in [-0.15, -0.1) is 0 Å². The van der Waals surface area contributed by atoms with Gasteiger partial charge in [0.15, 0.2) is 31.1 Å². The largest absolute Gasteiger partial charge is 0.504 e. The van der Waals surface area contributed by atoms with Crippen molar-refractivity contribution in [2.75, 3.05) is 7.11 Å². The smallest absolute Gasteiger partial charge is 0.356 e. The lowest BCUT2D eigenvalue weighted by Gasteiger charge is -2.20. The van der Waals surface area contributed by atoms with Crippen molar-refractivity contribution in [2.45, 2.75) is 31.1 Å². The number of aryl methyl sites for hydroxylation is 2. The summed E-state index contributed by atoms with van der Waals surface area (Å²) in [5.41, 5.74) is 3.36. The Hall–Kier alpha value is -3.91. The molecule has 0 aromatic carbocycles. The predicted molar refractivity (Wildman–Crippen MR) is 166 cm³/mol. The Kier molecular flexibility index (Phi) is 10.0. The summed E-state index contributed by atoms with van der Waals surface area (Å²) >= 11 is 11.6. The lowest BCUT2D eigenvalue weighted by Crippen LogP contribution is -2.17. The van der Waals surface area contributed by atoms with E-state index in [2.05, 4.69) is 24.7 Å². The van der Waals surface area contributed by atoms with E-state index in [1.54, 1.807) is 50.2 Å². The van der Waals surface area contributed by atoms with Crippen molar-refractivity contribution in [3.8, 4) is 0 Å². The van der Waals surface area contributed by atoms with E-state index in [9.17, 15) is 26.7 Å². The van der Waals surface area contributed by atoms with Gasteiger partial charge in [-0.1, -0.05) is 35.3 Å². The zero-order chi connectivity index (χ0) is 32.2. The van der Waals surface area contributed by atoms with Crippen LogP contribution in [0.4, 0.5) is 0 Å². The molecule has 5 rings (SSSR count). The second-order valence-electron chi connectivity index (χ2n) is 9.74. The number of carbonyl (C=O) groups is 1. The molecule has 44 heavy (non-hydrogen) atoms. The van der Waals surface area contributed by atoms with Crippen LogP contribution in [0.5, 0.6) is 0 Å². The molecule has 230 valence electrons. The van der Waals surface area contributed by atoms with Crippen LogP contribution in [0.25, 0.3) is 10.7 Å². The Bertz CT molecular complexity index is 2000. The molecule has 4 aromatic rings. The first-order chi connectivity index (χ1) is 20.7. The van der Waals surface area contributed by atoms with Gasteiger partial charge in [-0.3, -0.25) is 4.98 Å². The van der Waals surface area contributed by atoms with Gasteiger partial charge in [-0.25, -0.2) is 36.6 Å². The van der Waals surface area contributed by atoms with E-state index in [1.165, 1.54) is 31.9 Å². The molecule has 0 spiro atoms. The normalized spacial score (nSPS) is 13.8. The number of pyridine rings is 4. The second kappa shape index (κ2) is 13.4. The van der Waals surface area contributed by atoms with E-state index in [-0.39, 0.29) is 44.5 Å². The summed E-state index contributed by atoms with van der Waals surface area (Å²) in [4.78, 5) is 27.3. The Morgan fingerprint density at radius 3 is 2.20 bits per heavy atom. The summed E-state index contributed by atoms with van der Waals surface area (Å²) in [6, 6.07) is 9.56. The standard InChI is InChI=1S/C15H15ClN2O4S.C14H11ClN2O3S/c1-10-6-13(16)18-7-12(10)9-23(20,21)8-11-4-3-5-17-14(11)15(19)22-2;1-8-5-11(15)17-6-10(8)14-13(18)12-9(3-2-4-16-12)7-21(14,19)20/h3-7H,8-9H2,1-2H3;2-6,18H,7H2,1H3. The number of aliphatic hydroxyl groups excluding tert-OH is 1. The summed E-state index contributed by atoms with van der Waals surface area (Å²) < 4.78 is 54.5. The number of fused-ring (bicyclic) bond motifs is 1. The highest BCUT2D eigenvalue weighted by molar-refractivity contribution is 8.00. The maximum absolute atomic E-state index is 12.5. The monoisotopic (exact) mass is 676 g/mol. The summed E-state index contributed by atoms with van der Waals surface area (Å²) in [6.07, 6.45) is 5.72. The zero-order valence-corrected chi connectivity index (χ0v) is 26.8. The minimum atomic E-state index is -3.67. The third-order valence-corrected chi connectivity index (χ3v) is 10.2. The first-order valence-electron chi connectivity index (χ1n) is 12.8. The molecule has 5 heterocycles. The minimum absolute atomic E-state index is 0.00419. The lowest BCUT2D eigenvalue weighted by atomic mass is 10.1. The Labute approximate surface area is 264 Å². The highest BCUT2D eigenvalue weighted by Crippen LogP contribution is 2.38. The molecule has 1 N–H and O–H groups in total. The van der Waals surface area contributed by atoms with E-state index >= 15 is 0 Å². The molecular formula is C29H26Cl2N4O7S2. The van der Waals surface area contributed by atoms with Crippen molar-refractivity contribution in [1.29, 1.82) is 0 Å². The van der Waals surface area contributed by atoms with Crippen molar-refractivity contribution >= 4 is 59.5 Å². The molecule has 1 aliphatic rings. The van der Waals surface area contributed by atoms with E-state index in [4.69, 9.17) is 23.2 Å². The maximum Gasteiger partial charge on any atom is 0.356 e. The number of rotatable bonds is 6. The van der Waals surface area contributed by atoms with Gasteiger partial charge in [0, 0.05) is 35.9 Å². The maximum atomic E-state index is 12.5. The lowest BCUT2D eigenvalue weighted by molar-refractivity contribution is 0.0593. The molecule has 11 nitrogen and oxygen atoms in total. The van der Waals surface area contributed by atoms with Crippen molar-refractivity contribution < 1.29 is 31.5 Å². The van der Waals surface area contributed by atoms with Crippen molar-refractivity contribution in [2.24, 2.45) is 0 Å². The number of halogens is 2. The van der Waals surface area contributed by atoms with Crippen LogP contribution in [0.15, 0.2) is 61.2 Å². The van der Waals surface area contributed by atoms with Gasteiger partial charge in [-0.2, -0.15) is 0 Å². The first-order valence-corrected chi connectivity index (χ1v) is 17.0. The average molecular weight is 678 g/mol. The Morgan fingerprint density at radius 2 is 1.55 bits per heavy atom. The summed E-state index contributed by atoms with van der Waals surface area (Å²) in [7, 11) is -5.97. The quantitative estimate of drug-likeness (QED) is 0.213. The highest BCUT2D eigenvalue weighted by Gasteiger charge is 2.33. The van der Waals surface area contributed by atoms with Crippen LogP contribution >= 0.6 is 23.2 Å². The number of carbonyl (C=O) groups excluding carboxylic acids is 1. The van der Waals surface area contributed by atoms with Crippen LogP contribution in [0.1, 0.15) is 49.6 Å². The molecule has 1 aliphatic heterocycles. The first kappa shape index (κ1) is 33.0. The number of nitrogens with zero attached hydrogens (tertiary/aromatic N) is 4. The van der Waals surface area contributed by atoms with Gasteiger partial charge in [-0.05, 0) is 60.4 Å². The molecule has 0 amide bonds. The Balaban J connectivity index is 0.000000201. The number of hydrogen-bond acceptors (Lipinski definition) is 11. The van der Waals surface area contributed by atoms with E-state index < -0.39 is 25.6 Å². The van der Waals surface area contributed by atoms with Gasteiger partial charge < -0.3 is 9.84 Å². The molecule has 15 heteroatoms. The van der Waals surface area contributed by atoms with Gasteiger partial charge in [0.2, 0.25) is 0 Å². The second-order valence-corrected chi connectivity index (χ2v) is 14.5. The summed E-state index contributed by atoms with van der Waals surface area (Å²) in [6.45, 7) is 3.48. The number of aromatic nitrogens is 4. The number of sulfone groups is 2. The molecule has 0 radical (unpaired) electrons. The van der Waals surface area contributed by atoms with Gasteiger partial charge in [0.25, 0.3) is 0 Å². The molecule has 0 fully saturated rings. The Morgan fingerprint density at radius 1 is 0.932 bits per heavy atom. The number of methoxy groups -OCH3 is 1. The fourth-order valence-corrected chi connectivity index (χ4v) is 8.15. The number of hydrogen-bond donors (Lipinski definition) is 1. The third kappa shape index (κ3) is 7.59. The molecule has 0 atom stereocenters. The molecule has 0 saturated carbocycles. The topological polar surface area (TPSA) is 166 Å². The van der Waals surface area contributed by atoms with E-state index in [1.807, 2.05) is 0 Å². The summed E-state index contributed by atoms with van der Waals surface area (Å²) in [5.74, 6) is -1.71. The fourth-order valence-electron chi connectivity index (χ4n) is 4.42. The molecular weight excluding hydrogens is 651 g/mol. The number of esters is 1. The van der Waals surface area contributed by atoms with Crippen LogP contribution in [0.3, 0.4) is 0 Å². The van der Waals surface area contributed by atoms with Crippen molar-refractivity contribution in [1.82, 2.24) is 19.9 Å². The SMILES string of the molecule is COC(=O)c1ncccc1CS(=O)(=O)Cc1cnc(Cl)cc1C.Cc1cc(Cl)ncc1C1=C(O)c2ncccc2CS1(=O)=O. The van der Waals surface area contributed by atoms with Crippen LogP contribution in [-0.4, -0.2) is 55.0 Å². The van der Waals surface area contributed by atoms with Crippen LogP contribution < -0.4 is 0 Å². The molecule has 4 aromatic heterocycles. The van der Waals surface area contributed by atoms with Gasteiger partial charge in [0.1, 0.15) is 20.9 Å². The molecule has 0 unspecified atom stereocenters. The fraction of sp³-hybridized carbons (Fsp3) is 0.207. The predicted octanol–water partition coefficient (Wildman–Crippen LogP) is 5.09. The summed E-state index contributed by atoms with van der Waals surface area (Å²) in [5, 5.41) is 11.0. The van der Waals surface area contributed by atoms with Crippen LogP contribution in [-0.2, 0) is 41.7 Å². The minimum Gasteiger partial charge on any atom is -0.504 e. The average Bonchev–Trinajstić information content (AvgIpc) is 2.95. The number of ether oxygens (including phenoxy) is 1. The van der Waals surface area contributed by atoms with Crippen molar-refractivity contribution in [3.63, 3.8) is 0 Å².